The largest absolute Gasteiger partial charge is 0.325 e. The average molecular weight is 207 g/mol. The molecule has 0 saturated heterocycles. The Kier molecular flexibility index (Phi) is 2.79. The van der Waals surface area contributed by atoms with E-state index in [2.05, 4.69) is 6.92 Å². The second kappa shape index (κ2) is 3.93. The van der Waals surface area contributed by atoms with Gasteiger partial charge in [-0.3, -0.25) is 0 Å². The quantitative estimate of drug-likeness (QED) is 0.807. The Morgan fingerprint density at radius 3 is 2.73 bits per heavy atom. The van der Waals surface area contributed by atoms with Gasteiger partial charge in [0.2, 0.25) is 0 Å². The van der Waals surface area contributed by atoms with Crippen LogP contribution in [0, 0.1) is 6.92 Å². The number of rotatable bonds is 4. The van der Waals surface area contributed by atoms with E-state index < -0.39 is 0 Å². The van der Waals surface area contributed by atoms with Crippen LogP contribution in [-0.2, 0) is 13.1 Å². The molecule has 2 heteroatoms. The van der Waals surface area contributed by atoms with E-state index in [4.69, 9.17) is 5.73 Å². The van der Waals surface area contributed by atoms with E-state index in [1.807, 2.05) is 18.2 Å². The molecule has 0 atom stereocenters. The SMILES string of the molecule is Cc1ccc(CF)cc1CCC1(N)CC1. The van der Waals surface area contributed by atoms with Gasteiger partial charge in [0.15, 0.2) is 0 Å². The molecule has 1 fully saturated rings. The molecule has 1 aromatic carbocycles. The van der Waals surface area contributed by atoms with Crippen LogP contribution in [0.15, 0.2) is 18.2 Å². The number of alkyl halides is 1. The van der Waals surface area contributed by atoms with Crippen LogP contribution in [-0.4, -0.2) is 5.54 Å². The summed E-state index contributed by atoms with van der Waals surface area (Å²) in [5.74, 6) is 0. The Balaban J connectivity index is 2.05. The Hall–Kier alpha value is -0.890. The molecule has 0 aromatic heterocycles. The normalized spacial score (nSPS) is 17.8. The molecule has 0 amide bonds. The van der Waals surface area contributed by atoms with Crippen molar-refractivity contribution >= 4 is 0 Å². The van der Waals surface area contributed by atoms with Gasteiger partial charge in [0.05, 0.1) is 0 Å². The molecular weight excluding hydrogens is 189 g/mol. The number of hydrogen-bond acceptors (Lipinski definition) is 1. The van der Waals surface area contributed by atoms with E-state index >= 15 is 0 Å². The number of halogens is 1. The molecular formula is C13H18FN. The number of nitrogens with two attached hydrogens (primary N) is 1. The maximum Gasteiger partial charge on any atom is 0.115 e. The molecule has 0 aliphatic heterocycles. The molecule has 1 aromatic rings. The summed E-state index contributed by atoms with van der Waals surface area (Å²) in [4.78, 5) is 0. The van der Waals surface area contributed by atoms with Crippen LogP contribution in [0.25, 0.3) is 0 Å². The van der Waals surface area contributed by atoms with Crippen LogP contribution in [0.4, 0.5) is 4.39 Å². The highest BCUT2D eigenvalue weighted by Gasteiger charge is 2.37. The summed E-state index contributed by atoms with van der Waals surface area (Å²) in [5, 5.41) is 0. The van der Waals surface area contributed by atoms with E-state index in [1.165, 1.54) is 11.1 Å². The smallest absolute Gasteiger partial charge is 0.115 e. The molecule has 1 aliphatic carbocycles. The molecule has 0 unspecified atom stereocenters. The van der Waals surface area contributed by atoms with E-state index in [0.29, 0.717) is 0 Å². The lowest BCUT2D eigenvalue weighted by Crippen LogP contribution is -2.22. The molecule has 2 rings (SSSR count). The first-order valence-electron chi connectivity index (χ1n) is 5.56. The van der Waals surface area contributed by atoms with Crippen LogP contribution in [0.3, 0.4) is 0 Å². The molecule has 0 heterocycles. The number of hydrogen-bond donors (Lipinski definition) is 1. The van der Waals surface area contributed by atoms with Gasteiger partial charge < -0.3 is 5.73 Å². The zero-order chi connectivity index (χ0) is 10.9. The lowest BCUT2D eigenvalue weighted by molar-refractivity contribution is 0.484. The number of benzene rings is 1. The van der Waals surface area contributed by atoms with Gasteiger partial charge in [-0.25, -0.2) is 4.39 Å². The highest BCUT2D eigenvalue weighted by atomic mass is 19.1. The van der Waals surface area contributed by atoms with Crippen molar-refractivity contribution in [3.63, 3.8) is 0 Å². The zero-order valence-electron chi connectivity index (χ0n) is 9.22. The predicted molar refractivity (Wildman–Crippen MR) is 60.5 cm³/mol. The number of aryl methyl sites for hydroxylation is 2. The molecule has 0 bridgehead atoms. The van der Waals surface area contributed by atoms with Crippen LogP contribution >= 0.6 is 0 Å². The van der Waals surface area contributed by atoms with Crippen molar-refractivity contribution in [2.45, 2.75) is 44.8 Å². The van der Waals surface area contributed by atoms with Crippen LogP contribution in [0.1, 0.15) is 36.0 Å². The fraction of sp³-hybridized carbons (Fsp3) is 0.538. The Labute approximate surface area is 90.5 Å². The fourth-order valence-electron chi connectivity index (χ4n) is 1.87. The average Bonchev–Trinajstić information content (AvgIpc) is 2.96. The summed E-state index contributed by atoms with van der Waals surface area (Å²) < 4.78 is 12.5. The second-order valence-corrected chi connectivity index (χ2v) is 4.76. The Morgan fingerprint density at radius 1 is 1.40 bits per heavy atom. The van der Waals surface area contributed by atoms with Crippen molar-refractivity contribution in [2.75, 3.05) is 0 Å². The van der Waals surface area contributed by atoms with Gasteiger partial charge in [0.25, 0.3) is 0 Å². The summed E-state index contributed by atoms with van der Waals surface area (Å²) in [6.07, 6.45) is 4.31. The molecule has 1 saturated carbocycles. The van der Waals surface area contributed by atoms with Gasteiger partial charge in [-0.15, -0.1) is 0 Å². The van der Waals surface area contributed by atoms with Crippen molar-refractivity contribution in [2.24, 2.45) is 5.73 Å². The first kappa shape index (κ1) is 10.6. The third-order valence-corrected chi connectivity index (χ3v) is 3.35. The van der Waals surface area contributed by atoms with Gasteiger partial charge >= 0.3 is 0 Å². The molecule has 1 aliphatic rings. The summed E-state index contributed by atoms with van der Waals surface area (Å²) in [7, 11) is 0. The minimum absolute atomic E-state index is 0.0954. The Morgan fingerprint density at radius 2 is 2.13 bits per heavy atom. The summed E-state index contributed by atoms with van der Waals surface area (Å²) in [5.41, 5.74) is 9.41. The topological polar surface area (TPSA) is 26.0 Å². The molecule has 1 nitrogen and oxygen atoms in total. The minimum atomic E-state index is -0.374. The lowest BCUT2D eigenvalue weighted by atomic mass is 9.98. The summed E-state index contributed by atoms with van der Waals surface area (Å²) in [6, 6.07) is 5.83. The first-order valence-corrected chi connectivity index (χ1v) is 5.56. The van der Waals surface area contributed by atoms with Gasteiger partial charge in [0.1, 0.15) is 6.67 Å². The fourth-order valence-corrected chi connectivity index (χ4v) is 1.87. The molecule has 0 radical (unpaired) electrons. The second-order valence-electron chi connectivity index (χ2n) is 4.76. The highest BCUT2D eigenvalue weighted by Crippen LogP contribution is 2.36. The van der Waals surface area contributed by atoms with Crippen molar-refractivity contribution in [3.05, 3.63) is 34.9 Å². The van der Waals surface area contributed by atoms with Crippen molar-refractivity contribution in [1.82, 2.24) is 0 Å². The third-order valence-electron chi connectivity index (χ3n) is 3.35. The molecule has 0 spiro atoms. The van der Waals surface area contributed by atoms with Crippen LogP contribution in [0.5, 0.6) is 0 Å². The van der Waals surface area contributed by atoms with Crippen molar-refractivity contribution in [1.29, 1.82) is 0 Å². The Bertz CT molecular complexity index is 356. The summed E-state index contributed by atoms with van der Waals surface area (Å²) in [6.45, 7) is 1.70. The predicted octanol–water partition coefficient (Wildman–Crippen LogP) is 2.89. The first-order chi connectivity index (χ1) is 7.13. The van der Waals surface area contributed by atoms with Gasteiger partial charge in [-0.05, 0) is 49.3 Å². The van der Waals surface area contributed by atoms with E-state index in [1.54, 1.807) is 0 Å². The highest BCUT2D eigenvalue weighted by molar-refractivity contribution is 5.31. The van der Waals surface area contributed by atoms with E-state index in [9.17, 15) is 4.39 Å². The monoisotopic (exact) mass is 207 g/mol. The van der Waals surface area contributed by atoms with Gasteiger partial charge in [-0.2, -0.15) is 0 Å². The van der Waals surface area contributed by atoms with Crippen molar-refractivity contribution in [3.8, 4) is 0 Å². The van der Waals surface area contributed by atoms with Gasteiger partial charge in [-0.1, -0.05) is 18.2 Å². The third kappa shape index (κ3) is 2.57. The maximum absolute atomic E-state index is 12.5. The van der Waals surface area contributed by atoms with Crippen LogP contribution < -0.4 is 5.73 Å². The van der Waals surface area contributed by atoms with E-state index in [-0.39, 0.29) is 12.2 Å². The summed E-state index contributed by atoms with van der Waals surface area (Å²) >= 11 is 0. The maximum atomic E-state index is 12.5. The molecule has 2 N–H and O–H groups in total. The minimum Gasteiger partial charge on any atom is -0.325 e. The lowest BCUT2D eigenvalue weighted by Gasteiger charge is -2.11. The molecule has 82 valence electrons. The van der Waals surface area contributed by atoms with E-state index in [0.717, 1.165) is 31.2 Å². The van der Waals surface area contributed by atoms with Gasteiger partial charge in [0, 0.05) is 5.54 Å². The standard InChI is InChI=1S/C13H18FN/c1-10-2-3-11(9-14)8-12(10)4-5-13(15)6-7-13/h2-3,8H,4-7,9,15H2,1H3. The molecule has 15 heavy (non-hydrogen) atoms. The van der Waals surface area contributed by atoms with Crippen molar-refractivity contribution < 1.29 is 4.39 Å². The van der Waals surface area contributed by atoms with Crippen LogP contribution in [0.2, 0.25) is 0 Å². The zero-order valence-corrected chi connectivity index (χ0v) is 9.22.